The van der Waals surface area contributed by atoms with Gasteiger partial charge in [0.1, 0.15) is 0 Å². The lowest BCUT2D eigenvalue weighted by molar-refractivity contribution is -0.138. The Kier molecular flexibility index (Phi) is 5.10. The fourth-order valence-electron chi connectivity index (χ4n) is 1.79. The van der Waals surface area contributed by atoms with Gasteiger partial charge in [-0.25, -0.2) is 4.79 Å². The van der Waals surface area contributed by atoms with Crippen LogP contribution in [0.15, 0.2) is 42.7 Å². The third-order valence-electron chi connectivity index (χ3n) is 2.83. The normalized spacial score (nSPS) is 11.7. The van der Waals surface area contributed by atoms with Crippen LogP contribution >= 0.6 is 0 Å². The Morgan fingerprint density at radius 2 is 1.83 bits per heavy atom. The van der Waals surface area contributed by atoms with E-state index < -0.39 is 17.7 Å². The monoisotopic (exact) mass is 322 g/mol. The van der Waals surface area contributed by atoms with Crippen molar-refractivity contribution in [3.63, 3.8) is 0 Å². The molecule has 0 radical (unpaired) electrons. The maximum atomic E-state index is 12.7. The van der Waals surface area contributed by atoms with Crippen molar-refractivity contribution >= 4 is 12.0 Å². The van der Waals surface area contributed by atoms with E-state index in [0.717, 1.165) is 18.3 Å². The van der Waals surface area contributed by atoms with Gasteiger partial charge in [0, 0.05) is 18.5 Å². The zero-order chi connectivity index (χ0) is 16.9. The number of nitrogens with zero attached hydrogens (tertiary/aromatic N) is 2. The van der Waals surface area contributed by atoms with E-state index in [1.807, 2.05) is 0 Å². The van der Waals surface area contributed by atoms with Crippen LogP contribution < -0.4 is 0 Å². The highest BCUT2D eigenvalue weighted by molar-refractivity contribution is 5.87. The SMILES string of the molecule is CCOC(=O)/C=C/c1ccnc(-c2cc(C(F)(F)F)ccn2)c1. The second-order valence-corrected chi connectivity index (χ2v) is 4.49. The first-order chi connectivity index (χ1) is 10.9. The van der Waals surface area contributed by atoms with Crippen LogP contribution in [0.2, 0.25) is 0 Å². The summed E-state index contributed by atoms with van der Waals surface area (Å²) in [7, 11) is 0. The first-order valence-corrected chi connectivity index (χ1v) is 6.74. The minimum absolute atomic E-state index is 0.103. The van der Waals surface area contributed by atoms with Gasteiger partial charge in [0.05, 0.1) is 23.6 Å². The summed E-state index contributed by atoms with van der Waals surface area (Å²) >= 11 is 0. The van der Waals surface area contributed by atoms with Crippen LogP contribution in [0.4, 0.5) is 13.2 Å². The first-order valence-electron chi connectivity index (χ1n) is 6.74. The molecule has 2 aromatic heterocycles. The fraction of sp³-hybridized carbons (Fsp3) is 0.188. The smallest absolute Gasteiger partial charge is 0.416 e. The van der Waals surface area contributed by atoms with E-state index in [9.17, 15) is 18.0 Å². The Balaban J connectivity index is 2.28. The number of ether oxygens (including phenoxy) is 1. The number of halogens is 3. The second kappa shape index (κ2) is 7.04. The summed E-state index contributed by atoms with van der Waals surface area (Å²) in [6.07, 6.45) is 0.807. The van der Waals surface area contributed by atoms with Crippen molar-refractivity contribution in [1.82, 2.24) is 9.97 Å². The topological polar surface area (TPSA) is 52.1 Å². The molecule has 7 heteroatoms. The summed E-state index contributed by atoms with van der Waals surface area (Å²) < 4.78 is 43.0. The van der Waals surface area contributed by atoms with Gasteiger partial charge >= 0.3 is 12.1 Å². The number of carbonyl (C=O) groups excluding carboxylic acids is 1. The van der Waals surface area contributed by atoms with E-state index in [1.54, 1.807) is 13.0 Å². The fourth-order valence-corrected chi connectivity index (χ4v) is 1.79. The molecular weight excluding hydrogens is 309 g/mol. The number of esters is 1. The second-order valence-electron chi connectivity index (χ2n) is 4.49. The minimum Gasteiger partial charge on any atom is -0.463 e. The van der Waals surface area contributed by atoms with Crippen molar-refractivity contribution in [2.24, 2.45) is 0 Å². The molecule has 0 bridgehead atoms. The molecule has 0 aromatic carbocycles. The Hall–Kier alpha value is -2.70. The largest absolute Gasteiger partial charge is 0.463 e. The molecule has 0 atom stereocenters. The molecule has 120 valence electrons. The summed E-state index contributed by atoms with van der Waals surface area (Å²) in [5.74, 6) is -0.497. The van der Waals surface area contributed by atoms with Gasteiger partial charge in [-0.15, -0.1) is 0 Å². The Labute approximate surface area is 130 Å². The summed E-state index contributed by atoms with van der Waals surface area (Å²) in [4.78, 5) is 19.2. The predicted octanol–water partition coefficient (Wildman–Crippen LogP) is 3.74. The average molecular weight is 322 g/mol. The molecule has 0 unspecified atom stereocenters. The molecule has 0 amide bonds. The number of hydrogen-bond acceptors (Lipinski definition) is 4. The average Bonchev–Trinajstić information content (AvgIpc) is 2.53. The molecule has 0 saturated carbocycles. The molecule has 23 heavy (non-hydrogen) atoms. The van der Waals surface area contributed by atoms with Crippen LogP contribution in [0.1, 0.15) is 18.1 Å². The van der Waals surface area contributed by atoms with Gasteiger partial charge in [-0.3, -0.25) is 9.97 Å². The van der Waals surface area contributed by atoms with E-state index in [2.05, 4.69) is 9.97 Å². The minimum atomic E-state index is -4.45. The standard InChI is InChI=1S/C16H13F3N2O2/c1-2-23-15(22)4-3-11-5-7-20-13(9-11)14-10-12(6-8-21-14)16(17,18)19/h3-10H,2H2,1H3/b4-3+. The van der Waals surface area contributed by atoms with E-state index in [0.29, 0.717) is 5.56 Å². The Morgan fingerprint density at radius 1 is 1.17 bits per heavy atom. The molecule has 4 nitrogen and oxygen atoms in total. The number of alkyl halides is 3. The van der Waals surface area contributed by atoms with E-state index in [1.165, 1.54) is 24.4 Å². The summed E-state index contributed by atoms with van der Waals surface area (Å²) in [6.45, 7) is 1.95. The maximum Gasteiger partial charge on any atom is 0.416 e. The number of aromatic nitrogens is 2. The lowest BCUT2D eigenvalue weighted by Crippen LogP contribution is -2.05. The summed E-state index contributed by atoms with van der Waals surface area (Å²) in [5, 5.41) is 0. The molecule has 0 fully saturated rings. The first kappa shape index (κ1) is 16.7. The molecule has 0 aliphatic heterocycles. The van der Waals surface area contributed by atoms with Gasteiger partial charge in [-0.1, -0.05) is 0 Å². The molecule has 0 spiro atoms. The molecule has 0 aliphatic rings. The third kappa shape index (κ3) is 4.64. The van der Waals surface area contributed by atoms with Crippen LogP contribution in [0.5, 0.6) is 0 Å². The quantitative estimate of drug-likeness (QED) is 0.635. The van der Waals surface area contributed by atoms with Crippen LogP contribution in [0, 0.1) is 0 Å². The molecule has 2 rings (SSSR count). The lowest BCUT2D eigenvalue weighted by Gasteiger charge is -2.08. The number of carbonyl (C=O) groups is 1. The van der Waals surface area contributed by atoms with Crippen LogP contribution in [-0.2, 0) is 15.7 Å². The Bertz CT molecular complexity index is 727. The third-order valence-corrected chi connectivity index (χ3v) is 2.83. The summed E-state index contributed by atoms with van der Waals surface area (Å²) in [5.41, 5.74) is 0.187. The zero-order valence-corrected chi connectivity index (χ0v) is 12.2. The van der Waals surface area contributed by atoms with Crippen molar-refractivity contribution < 1.29 is 22.7 Å². The van der Waals surface area contributed by atoms with Crippen molar-refractivity contribution in [3.8, 4) is 11.4 Å². The van der Waals surface area contributed by atoms with E-state index in [-0.39, 0.29) is 18.0 Å². The highest BCUT2D eigenvalue weighted by Crippen LogP contribution is 2.30. The van der Waals surface area contributed by atoms with Gasteiger partial charge in [-0.05, 0) is 42.8 Å². The van der Waals surface area contributed by atoms with E-state index >= 15 is 0 Å². The highest BCUT2D eigenvalue weighted by atomic mass is 19.4. The highest BCUT2D eigenvalue weighted by Gasteiger charge is 2.30. The Morgan fingerprint density at radius 3 is 2.48 bits per heavy atom. The molecule has 0 N–H and O–H groups in total. The van der Waals surface area contributed by atoms with Crippen LogP contribution in [-0.4, -0.2) is 22.5 Å². The van der Waals surface area contributed by atoms with Gasteiger partial charge in [-0.2, -0.15) is 13.2 Å². The van der Waals surface area contributed by atoms with Gasteiger partial charge in [0.2, 0.25) is 0 Å². The molecule has 0 saturated heterocycles. The number of pyridine rings is 2. The van der Waals surface area contributed by atoms with E-state index in [4.69, 9.17) is 4.74 Å². The van der Waals surface area contributed by atoms with Crippen molar-refractivity contribution in [1.29, 1.82) is 0 Å². The van der Waals surface area contributed by atoms with Crippen molar-refractivity contribution in [2.45, 2.75) is 13.1 Å². The molecule has 2 heterocycles. The molecular formula is C16H13F3N2O2. The molecule has 2 aromatic rings. The van der Waals surface area contributed by atoms with Crippen LogP contribution in [0.3, 0.4) is 0 Å². The van der Waals surface area contributed by atoms with Gasteiger partial charge in [0.15, 0.2) is 0 Å². The zero-order valence-electron chi connectivity index (χ0n) is 12.2. The van der Waals surface area contributed by atoms with Crippen molar-refractivity contribution in [2.75, 3.05) is 6.61 Å². The predicted molar refractivity (Wildman–Crippen MR) is 78.1 cm³/mol. The van der Waals surface area contributed by atoms with Gasteiger partial charge in [0.25, 0.3) is 0 Å². The summed E-state index contributed by atoms with van der Waals surface area (Å²) in [6, 6.07) is 4.99. The lowest BCUT2D eigenvalue weighted by atomic mass is 10.1. The van der Waals surface area contributed by atoms with Crippen molar-refractivity contribution in [3.05, 3.63) is 53.9 Å². The maximum absolute atomic E-state index is 12.7. The van der Waals surface area contributed by atoms with Crippen LogP contribution in [0.25, 0.3) is 17.5 Å². The number of rotatable bonds is 4. The van der Waals surface area contributed by atoms with Gasteiger partial charge < -0.3 is 4.74 Å². The molecule has 0 aliphatic carbocycles. The number of hydrogen-bond donors (Lipinski definition) is 0.